The van der Waals surface area contributed by atoms with Crippen molar-refractivity contribution in [2.45, 2.75) is 4.90 Å². The Bertz CT molecular complexity index is 931. The molecule has 0 heterocycles. The number of nitrogens with one attached hydrogen (secondary N) is 3. The Kier molecular flexibility index (Phi) is 6.33. The van der Waals surface area contributed by atoms with Crippen LogP contribution in [0.4, 0.5) is 5.69 Å². The van der Waals surface area contributed by atoms with Gasteiger partial charge in [0.2, 0.25) is 5.91 Å². The fourth-order valence-corrected chi connectivity index (χ4v) is 3.30. The average Bonchev–Trinajstić information content (AvgIpc) is 2.66. The van der Waals surface area contributed by atoms with Gasteiger partial charge in [-0.1, -0.05) is 41.9 Å². The van der Waals surface area contributed by atoms with Crippen LogP contribution in [0.1, 0.15) is 0 Å². The molecule has 132 valence electrons. The predicted molar refractivity (Wildman–Crippen MR) is 114 cm³/mol. The Morgan fingerprint density at radius 3 is 2.46 bits per heavy atom. The normalized spacial score (nSPS) is 10.3. The Labute approximate surface area is 166 Å². The van der Waals surface area contributed by atoms with Gasteiger partial charge in [0.15, 0.2) is 5.11 Å². The summed E-state index contributed by atoms with van der Waals surface area (Å²) in [5.74, 6) is 0.123. The summed E-state index contributed by atoms with van der Waals surface area (Å²) in [6.45, 7) is 0. The topological polar surface area (TPSA) is 53.2 Å². The van der Waals surface area contributed by atoms with E-state index in [2.05, 4.69) is 40.4 Å². The first-order valence-electron chi connectivity index (χ1n) is 7.83. The molecule has 0 spiro atoms. The average molecular weight is 402 g/mol. The van der Waals surface area contributed by atoms with Crippen molar-refractivity contribution >= 4 is 63.1 Å². The monoisotopic (exact) mass is 401 g/mol. The van der Waals surface area contributed by atoms with Gasteiger partial charge in [-0.25, -0.2) is 0 Å². The molecule has 0 unspecified atom stereocenters. The number of hydrogen-bond acceptors (Lipinski definition) is 3. The number of carbonyl (C=O) groups is 1. The second kappa shape index (κ2) is 8.89. The van der Waals surface area contributed by atoms with Gasteiger partial charge < -0.3 is 5.32 Å². The number of anilines is 1. The van der Waals surface area contributed by atoms with E-state index in [1.165, 1.54) is 17.1 Å². The number of carbonyl (C=O) groups excluding carboxylic acids is 1. The lowest BCUT2D eigenvalue weighted by Crippen LogP contribution is -2.44. The van der Waals surface area contributed by atoms with E-state index in [4.69, 9.17) is 23.8 Å². The summed E-state index contributed by atoms with van der Waals surface area (Å²) in [4.78, 5) is 13.0. The number of amides is 1. The molecule has 0 aromatic heterocycles. The molecule has 0 fully saturated rings. The number of hydrazine groups is 1. The van der Waals surface area contributed by atoms with E-state index < -0.39 is 0 Å². The zero-order valence-corrected chi connectivity index (χ0v) is 16.0. The minimum Gasteiger partial charge on any atom is -0.331 e. The largest absolute Gasteiger partial charge is 0.331 e. The maximum atomic E-state index is 12.0. The van der Waals surface area contributed by atoms with E-state index in [0.717, 1.165) is 16.0 Å². The van der Waals surface area contributed by atoms with Crippen LogP contribution in [0.25, 0.3) is 10.8 Å². The second-order valence-electron chi connectivity index (χ2n) is 5.43. The number of benzene rings is 3. The van der Waals surface area contributed by atoms with Crippen molar-refractivity contribution in [3.8, 4) is 0 Å². The first-order chi connectivity index (χ1) is 12.6. The number of halogens is 1. The van der Waals surface area contributed by atoms with Gasteiger partial charge in [0.25, 0.3) is 0 Å². The lowest BCUT2D eigenvalue weighted by Gasteiger charge is -2.11. The molecule has 3 aromatic rings. The summed E-state index contributed by atoms with van der Waals surface area (Å²) >= 11 is 12.4. The summed E-state index contributed by atoms with van der Waals surface area (Å²) in [6, 6.07) is 21.4. The lowest BCUT2D eigenvalue weighted by atomic mass is 10.1. The van der Waals surface area contributed by atoms with Crippen LogP contribution in [0.3, 0.4) is 0 Å². The Hall–Kier alpha value is -2.28. The zero-order chi connectivity index (χ0) is 18.4. The number of hydrogen-bond donors (Lipinski definition) is 3. The minimum absolute atomic E-state index is 0.164. The number of rotatable bonds is 4. The summed E-state index contributed by atoms with van der Waals surface area (Å²) in [7, 11) is 0. The molecule has 0 aliphatic rings. The van der Waals surface area contributed by atoms with Crippen molar-refractivity contribution in [3.05, 3.63) is 71.8 Å². The Balaban J connectivity index is 1.44. The molecule has 26 heavy (non-hydrogen) atoms. The summed E-state index contributed by atoms with van der Waals surface area (Å²) in [6.07, 6.45) is 0. The van der Waals surface area contributed by atoms with Crippen molar-refractivity contribution in [2.24, 2.45) is 0 Å². The van der Waals surface area contributed by atoms with Crippen molar-refractivity contribution in [1.29, 1.82) is 0 Å². The molecule has 3 rings (SSSR count). The third kappa shape index (κ3) is 5.36. The van der Waals surface area contributed by atoms with Crippen LogP contribution < -0.4 is 16.2 Å². The third-order valence-corrected chi connectivity index (χ3v) is 4.96. The quantitative estimate of drug-likeness (QED) is 0.339. The standard InChI is InChI=1S/C19H16ClN3OS2/c20-15-6-8-16(9-7-15)21-19(25)23-22-18(24)12-26-17-10-5-13-3-1-2-4-14(13)11-17/h1-11H,12H2,(H,22,24)(H2,21,23,25). The van der Waals surface area contributed by atoms with E-state index in [1.54, 1.807) is 24.3 Å². The molecule has 3 aromatic carbocycles. The number of thioether (sulfide) groups is 1. The van der Waals surface area contributed by atoms with E-state index in [9.17, 15) is 4.79 Å². The molecule has 3 N–H and O–H groups in total. The molecule has 0 saturated heterocycles. The van der Waals surface area contributed by atoms with Crippen molar-refractivity contribution in [2.75, 3.05) is 11.1 Å². The summed E-state index contributed by atoms with van der Waals surface area (Å²) < 4.78 is 0. The Morgan fingerprint density at radius 1 is 0.962 bits per heavy atom. The fourth-order valence-electron chi connectivity index (χ4n) is 2.26. The highest BCUT2D eigenvalue weighted by atomic mass is 35.5. The van der Waals surface area contributed by atoms with Crippen LogP contribution >= 0.6 is 35.6 Å². The molecule has 0 aliphatic heterocycles. The molecule has 0 bridgehead atoms. The van der Waals surface area contributed by atoms with Gasteiger partial charge in [0, 0.05) is 15.6 Å². The van der Waals surface area contributed by atoms with E-state index in [1.807, 2.05) is 18.2 Å². The van der Waals surface area contributed by atoms with Crippen LogP contribution in [0, 0.1) is 0 Å². The highest BCUT2D eigenvalue weighted by Crippen LogP contribution is 2.23. The van der Waals surface area contributed by atoms with Gasteiger partial charge in [-0.15, -0.1) is 11.8 Å². The summed E-state index contributed by atoms with van der Waals surface area (Å²) in [5, 5.41) is 6.25. The maximum absolute atomic E-state index is 12.0. The molecule has 0 radical (unpaired) electrons. The van der Waals surface area contributed by atoms with Gasteiger partial charge in [0.1, 0.15) is 0 Å². The highest BCUT2D eigenvalue weighted by Gasteiger charge is 2.05. The summed E-state index contributed by atoms with van der Waals surface area (Å²) in [5.41, 5.74) is 6.05. The molecular formula is C19H16ClN3OS2. The van der Waals surface area contributed by atoms with E-state index >= 15 is 0 Å². The molecular weight excluding hydrogens is 386 g/mol. The van der Waals surface area contributed by atoms with Crippen LogP contribution in [-0.4, -0.2) is 16.8 Å². The van der Waals surface area contributed by atoms with Crippen LogP contribution in [0.5, 0.6) is 0 Å². The van der Waals surface area contributed by atoms with E-state index in [-0.39, 0.29) is 11.7 Å². The first-order valence-corrected chi connectivity index (χ1v) is 9.60. The van der Waals surface area contributed by atoms with Crippen molar-refractivity contribution in [1.82, 2.24) is 10.9 Å². The van der Waals surface area contributed by atoms with Crippen molar-refractivity contribution < 1.29 is 4.79 Å². The first kappa shape index (κ1) is 18.5. The van der Waals surface area contributed by atoms with Gasteiger partial charge >= 0.3 is 0 Å². The lowest BCUT2D eigenvalue weighted by molar-refractivity contribution is -0.119. The molecule has 0 saturated carbocycles. The molecule has 7 heteroatoms. The number of fused-ring (bicyclic) bond motifs is 1. The van der Waals surface area contributed by atoms with Gasteiger partial charge in [-0.2, -0.15) is 0 Å². The van der Waals surface area contributed by atoms with Gasteiger partial charge in [0.05, 0.1) is 5.75 Å². The van der Waals surface area contributed by atoms with Crippen molar-refractivity contribution in [3.63, 3.8) is 0 Å². The second-order valence-corrected chi connectivity index (χ2v) is 7.33. The van der Waals surface area contributed by atoms with Crippen LogP contribution in [0.2, 0.25) is 5.02 Å². The molecule has 1 amide bonds. The molecule has 0 atom stereocenters. The predicted octanol–water partition coefficient (Wildman–Crippen LogP) is 4.60. The molecule has 0 aliphatic carbocycles. The number of thiocarbonyl (C=S) groups is 1. The fraction of sp³-hybridized carbons (Fsp3) is 0.0526. The van der Waals surface area contributed by atoms with E-state index in [0.29, 0.717) is 10.1 Å². The van der Waals surface area contributed by atoms with Crippen LogP contribution in [0.15, 0.2) is 71.6 Å². The van der Waals surface area contributed by atoms with Gasteiger partial charge in [-0.05, 0) is 59.4 Å². The zero-order valence-electron chi connectivity index (χ0n) is 13.7. The minimum atomic E-state index is -0.164. The smallest absolute Gasteiger partial charge is 0.248 e. The SMILES string of the molecule is O=C(CSc1ccc2ccccc2c1)NNC(=S)Nc1ccc(Cl)cc1. The van der Waals surface area contributed by atoms with Gasteiger partial charge in [-0.3, -0.25) is 15.6 Å². The highest BCUT2D eigenvalue weighted by molar-refractivity contribution is 8.00. The van der Waals surface area contributed by atoms with Crippen LogP contribution in [-0.2, 0) is 4.79 Å². The maximum Gasteiger partial charge on any atom is 0.248 e. The Morgan fingerprint density at radius 2 is 1.69 bits per heavy atom. The molecule has 4 nitrogen and oxygen atoms in total. The third-order valence-electron chi connectivity index (χ3n) is 3.51.